The van der Waals surface area contributed by atoms with Crippen LogP contribution in [-0.4, -0.2) is 11.7 Å². The molecule has 0 aliphatic heterocycles. The van der Waals surface area contributed by atoms with Gasteiger partial charge in [0.25, 0.3) is 5.91 Å². The molecule has 4 nitrogen and oxygen atoms in total. The van der Waals surface area contributed by atoms with Crippen LogP contribution in [0.4, 0.5) is 5.69 Å². The van der Waals surface area contributed by atoms with E-state index in [4.69, 9.17) is 0 Å². The first-order chi connectivity index (χ1) is 10.5. The number of rotatable bonds is 5. The van der Waals surface area contributed by atoms with Gasteiger partial charge in [-0.3, -0.25) is 9.59 Å². The van der Waals surface area contributed by atoms with Crippen LogP contribution < -0.4 is 9.88 Å². The third-order valence-electron chi connectivity index (χ3n) is 3.59. The number of nitrogens with one attached hydrogen (secondary N) is 1. The van der Waals surface area contributed by atoms with Gasteiger partial charge in [0.1, 0.15) is 0 Å². The van der Waals surface area contributed by atoms with Crippen LogP contribution in [0, 0.1) is 6.92 Å². The van der Waals surface area contributed by atoms with Gasteiger partial charge in [-0.05, 0) is 31.5 Å². The van der Waals surface area contributed by atoms with Gasteiger partial charge < -0.3 is 5.32 Å². The molecule has 0 saturated carbocycles. The SMILES string of the molecule is CCc1ccc(C)[n+](CC(=O)Nc2cccc(C(C)=O)c2)c1. The van der Waals surface area contributed by atoms with Crippen molar-refractivity contribution in [3.8, 4) is 0 Å². The van der Waals surface area contributed by atoms with Gasteiger partial charge in [0, 0.05) is 29.8 Å². The number of nitrogens with zero attached hydrogens (tertiary/aromatic N) is 1. The molecule has 0 radical (unpaired) electrons. The lowest BCUT2D eigenvalue weighted by Crippen LogP contribution is -2.43. The van der Waals surface area contributed by atoms with Crippen LogP contribution in [0.25, 0.3) is 0 Å². The van der Waals surface area contributed by atoms with E-state index in [1.165, 1.54) is 12.5 Å². The minimum atomic E-state index is -0.109. The average molecular weight is 297 g/mol. The van der Waals surface area contributed by atoms with Crippen molar-refractivity contribution in [1.82, 2.24) is 0 Å². The summed E-state index contributed by atoms with van der Waals surface area (Å²) in [6.07, 6.45) is 2.93. The molecule has 0 bridgehead atoms. The molecule has 1 aromatic carbocycles. The highest BCUT2D eigenvalue weighted by Crippen LogP contribution is 2.11. The summed E-state index contributed by atoms with van der Waals surface area (Å²) in [5, 5.41) is 2.84. The van der Waals surface area contributed by atoms with Gasteiger partial charge >= 0.3 is 0 Å². The zero-order valence-corrected chi connectivity index (χ0v) is 13.2. The molecule has 1 aromatic heterocycles. The van der Waals surface area contributed by atoms with Crippen LogP contribution in [-0.2, 0) is 17.8 Å². The average Bonchev–Trinajstić information content (AvgIpc) is 2.49. The van der Waals surface area contributed by atoms with Crippen LogP contribution >= 0.6 is 0 Å². The summed E-state index contributed by atoms with van der Waals surface area (Å²) in [7, 11) is 0. The monoisotopic (exact) mass is 297 g/mol. The molecule has 114 valence electrons. The zero-order chi connectivity index (χ0) is 16.1. The van der Waals surface area contributed by atoms with Gasteiger partial charge in [0.15, 0.2) is 17.7 Å². The Morgan fingerprint density at radius 2 is 1.95 bits per heavy atom. The molecule has 0 aliphatic rings. The second-order valence-corrected chi connectivity index (χ2v) is 5.35. The van der Waals surface area contributed by atoms with E-state index >= 15 is 0 Å². The number of aryl methyl sites for hydroxylation is 2. The van der Waals surface area contributed by atoms with E-state index in [1.807, 2.05) is 23.8 Å². The number of ketones is 1. The van der Waals surface area contributed by atoms with Crippen LogP contribution in [0.5, 0.6) is 0 Å². The second-order valence-electron chi connectivity index (χ2n) is 5.35. The summed E-state index contributed by atoms with van der Waals surface area (Å²) in [6.45, 7) is 5.83. The summed E-state index contributed by atoms with van der Waals surface area (Å²) in [6, 6.07) is 11.1. The van der Waals surface area contributed by atoms with E-state index in [9.17, 15) is 9.59 Å². The fourth-order valence-electron chi connectivity index (χ4n) is 2.22. The molecule has 0 unspecified atom stereocenters. The van der Waals surface area contributed by atoms with Crippen molar-refractivity contribution in [2.75, 3.05) is 5.32 Å². The van der Waals surface area contributed by atoms with E-state index in [1.54, 1.807) is 24.3 Å². The number of benzene rings is 1. The minimum Gasteiger partial charge on any atom is -0.321 e. The standard InChI is InChI=1S/C18H20N2O2/c1-4-15-9-8-13(2)20(11-15)12-18(22)19-17-7-5-6-16(10-17)14(3)21/h5-11H,4,12H2,1-3H3/p+1. The minimum absolute atomic E-state index is 0.0167. The third-order valence-corrected chi connectivity index (χ3v) is 3.59. The lowest BCUT2D eigenvalue weighted by atomic mass is 10.1. The molecule has 2 rings (SSSR count). The Bertz CT molecular complexity index is 708. The highest BCUT2D eigenvalue weighted by atomic mass is 16.2. The fourth-order valence-corrected chi connectivity index (χ4v) is 2.22. The molecule has 0 atom stereocenters. The van der Waals surface area contributed by atoms with Crippen molar-refractivity contribution >= 4 is 17.4 Å². The van der Waals surface area contributed by atoms with Crippen LogP contribution in [0.2, 0.25) is 0 Å². The predicted octanol–water partition coefficient (Wildman–Crippen LogP) is 2.69. The Hall–Kier alpha value is -2.49. The van der Waals surface area contributed by atoms with Gasteiger partial charge in [0.05, 0.1) is 0 Å². The molecule has 0 spiro atoms. The molecule has 1 heterocycles. The molecule has 0 aliphatic carbocycles. The number of anilines is 1. The number of carbonyl (C=O) groups is 2. The topological polar surface area (TPSA) is 50.0 Å². The number of carbonyl (C=O) groups excluding carboxylic acids is 2. The number of hydrogen-bond acceptors (Lipinski definition) is 2. The van der Waals surface area contributed by atoms with Crippen molar-refractivity contribution in [2.45, 2.75) is 33.7 Å². The fraction of sp³-hybridized carbons (Fsp3) is 0.278. The maximum absolute atomic E-state index is 12.2. The maximum Gasteiger partial charge on any atom is 0.290 e. The summed E-state index contributed by atoms with van der Waals surface area (Å²) in [5.74, 6) is -0.126. The van der Waals surface area contributed by atoms with Crippen molar-refractivity contribution in [3.63, 3.8) is 0 Å². The second kappa shape index (κ2) is 6.98. The number of aromatic nitrogens is 1. The van der Waals surface area contributed by atoms with E-state index in [0.717, 1.165) is 12.1 Å². The zero-order valence-electron chi connectivity index (χ0n) is 13.2. The summed E-state index contributed by atoms with van der Waals surface area (Å²) in [5.41, 5.74) is 3.46. The van der Waals surface area contributed by atoms with Crippen molar-refractivity contribution in [3.05, 3.63) is 59.4 Å². The molecule has 2 aromatic rings. The molecular formula is C18H21N2O2+. The quantitative estimate of drug-likeness (QED) is 0.681. The van der Waals surface area contributed by atoms with Crippen molar-refractivity contribution in [2.24, 2.45) is 0 Å². The molecule has 1 N–H and O–H groups in total. The van der Waals surface area contributed by atoms with Gasteiger partial charge in [-0.15, -0.1) is 0 Å². The molecule has 22 heavy (non-hydrogen) atoms. The Morgan fingerprint density at radius 1 is 1.18 bits per heavy atom. The molecule has 1 amide bonds. The summed E-state index contributed by atoms with van der Waals surface area (Å²) < 4.78 is 1.93. The first kappa shape index (κ1) is 15.9. The number of hydrogen-bond donors (Lipinski definition) is 1. The van der Waals surface area contributed by atoms with Crippen LogP contribution in [0.15, 0.2) is 42.6 Å². The predicted molar refractivity (Wildman–Crippen MR) is 85.8 cm³/mol. The molecule has 0 saturated heterocycles. The van der Waals surface area contributed by atoms with Gasteiger partial charge in [-0.1, -0.05) is 19.1 Å². The highest BCUT2D eigenvalue weighted by Gasteiger charge is 2.13. The van der Waals surface area contributed by atoms with Crippen LogP contribution in [0.3, 0.4) is 0 Å². The first-order valence-electron chi connectivity index (χ1n) is 7.39. The normalized spacial score (nSPS) is 10.3. The third kappa shape index (κ3) is 4.01. The highest BCUT2D eigenvalue weighted by molar-refractivity contribution is 5.96. The Morgan fingerprint density at radius 3 is 2.64 bits per heavy atom. The molecule has 4 heteroatoms. The largest absolute Gasteiger partial charge is 0.321 e. The van der Waals surface area contributed by atoms with Crippen LogP contribution in [0.1, 0.15) is 35.5 Å². The molecule has 0 fully saturated rings. The summed E-state index contributed by atoms with van der Waals surface area (Å²) >= 11 is 0. The molecular weight excluding hydrogens is 276 g/mol. The lowest BCUT2D eigenvalue weighted by Gasteiger charge is -2.06. The van der Waals surface area contributed by atoms with E-state index in [0.29, 0.717) is 11.3 Å². The smallest absolute Gasteiger partial charge is 0.290 e. The Kier molecular flexibility index (Phi) is 5.04. The number of Topliss-reactive ketones (excluding diaryl/α,β-unsaturated/α-hetero) is 1. The van der Waals surface area contributed by atoms with E-state index in [2.05, 4.69) is 18.3 Å². The number of amides is 1. The van der Waals surface area contributed by atoms with Gasteiger partial charge in [0.2, 0.25) is 6.54 Å². The van der Waals surface area contributed by atoms with Crippen molar-refractivity contribution < 1.29 is 14.2 Å². The Labute approximate surface area is 130 Å². The first-order valence-corrected chi connectivity index (χ1v) is 7.39. The van der Waals surface area contributed by atoms with E-state index in [-0.39, 0.29) is 18.2 Å². The van der Waals surface area contributed by atoms with Gasteiger partial charge in [-0.25, -0.2) is 0 Å². The van der Waals surface area contributed by atoms with Gasteiger partial charge in [-0.2, -0.15) is 4.57 Å². The maximum atomic E-state index is 12.2. The lowest BCUT2D eigenvalue weighted by molar-refractivity contribution is -0.690. The number of pyridine rings is 1. The van der Waals surface area contributed by atoms with Crippen molar-refractivity contribution in [1.29, 1.82) is 0 Å². The van der Waals surface area contributed by atoms with E-state index < -0.39 is 0 Å². The Balaban J connectivity index is 2.10. The summed E-state index contributed by atoms with van der Waals surface area (Å²) in [4.78, 5) is 23.6.